The molecule has 0 atom stereocenters. The summed E-state index contributed by atoms with van der Waals surface area (Å²) in [6, 6.07) is 0. The number of hydrogen-bond acceptors (Lipinski definition) is 6. The second kappa shape index (κ2) is 763. The third kappa shape index (κ3) is 635. The Labute approximate surface area is 238 Å². The largest absolute Gasteiger partial charge is 3.00 e. The van der Waals surface area contributed by atoms with Gasteiger partial charge < -0.3 is 71.0 Å². The average Bonchev–Trinajstić information content (AvgIpc) is 2.33. The van der Waals surface area contributed by atoms with E-state index < -0.39 is 0 Å². The fourth-order valence-electron chi connectivity index (χ4n) is 0. The number of nitrogens with zero attached hydrogens (tertiary/aromatic N) is 6. The van der Waals surface area contributed by atoms with Crippen LogP contribution in [0.1, 0.15) is 0 Å². The molecule has 0 rings (SSSR count). The van der Waals surface area contributed by atoms with Crippen LogP contribution < -0.4 is 154 Å². The zero-order valence-corrected chi connectivity index (χ0v) is 20.8. The predicted octanol–water partition coefficient (Wildman–Crippen LogP) is -8.41. The molecule has 0 aliphatic rings. The van der Waals surface area contributed by atoms with Gasteiger partial charge in [-0.2, -0.15) is 0 Å². The van der Waals surface area contributed by atoms with E-state index in [4.69, 9.17) is 71.0 Å². The van der Waals surface area contributed by atoms with Crippen LogP contribution in [-0.4, -0.2) is 0 Å². The maximum atomic E-state index is 6.25. The molecular weight excluding hydrogens is 466 g/mol. The summed E-state index contributed by atoms with van der Waals surface area (Å²) in [7, 11) is 0. The molecule has 0 amide bonds. The molecule has 0 fully saturated rings. The van der Waals surface area contributed by atoms with Crippen LogP contribution in [0.15, 0.2) is 0 Å². The van der Waals surface area contributed by atoms with Crippen molar-refractivity contribution in [1.29, 1.82) is 31.6 Å². The van der Waals surface area contributed by atoms with Gasteiger partial charge in [-0.25, -0.2) is 0 Å². The minimum Gasteiger partial charge on any atom is -0.512 e. The van der Waals surface area contributed by atoms with Crippen molar-refractivity contribution in [2.45, 2.75) is 0 Å². The molecule has 10 heteroatoms. The minimum absolute atomic E-state index is 0. The number of hydrogen-bond donors (Lipinski definition) is 0. The summed E-state index contributed by atoms with van der Waals surface area (Å²) in [4.78, 5) is 0. The smallest absolute Gasteiger partial charge is 0.512 e. The molecule has 0 heterocycles. The quantitative estimate of drug-likeness (QED) is 0.257. The van der Waals surface area contributed by atoms with Gasteiger partial charge in [0, 0.05) is 0 Å². The van der Waals surface area contributed by atoms with Gasteiger partial charge >= 0.3 is 174 Å². The van der Waals surface area contributed by atoms with Gasteiger partial charge in [0.15, 0.2) is 0 Å². The fourth-order valence-corrected chi connectivity index (χ4v) is 0. The van der Waals surface area contributed by atoms with Gasteiger partial charge in [-0.1, -0.05) is 0 Å². The molecular formula is C6IrK3N6. The summed E-state index contributed by atoms with van der Waals surface area (Å²) in [5.41, 5.74) is 0. The van der Waals surface area contributed by atoms with Crippen molar-refractivity contribution in [3.63, 3.8) is 0 Å². The van der Waals surface area contributed by atoms with Crippen LogP contribution in [0.5, 0.6) is 0 Å². The molecule has 0 saturated heterocycles. The first kappa shape index (κ1) is 78.4. The minimum atomic E-state index is 0. The summed E-state index contributed by atoms with van der Waals surface area (Å²) in [5, 5.41) is 37.5. The average molecular weight is 466 g/mol. The molecule has 0 aromatic carbocycles. The van der Waals surface area contributed by atoms with Crippen molar-refractivity contribution in [2.75, 3.05) is 0 Å². The van der Waals surface area contributed by atoms with Gasteiger partial charge in [0.05, 0.1) is 0 Å². The molecule has 0 aromatic rings. The van der Waals surface area contributed by atoms with E-state index in [1.807, 2.05) is 0 Å². The monoisotopic (exact) mass is 466 g/mol. The first-order valence-electron chi connectivity index (χ1n) is 1.34. The van der Waals surface area contributed by atoms with E-state index in [0.29, 0.717) is 0 Å². The molecule has 0 unspecified atom stereocenters. The zero-order chi connectivity index (χ0) is 12.0. The van der Waals surface area contributed by atoms with Crippen LogP contribution in [0.2, 0.25) is 0 Å². The summed E-state index contributed by atoms with van der Waals surface area (Å²) < 4.78 is 0. The van der Waals surface area contributed by atoms with Crippen LogP contribution >= 0.6 is 0 Å². The molecule has 0 N–H and O–H groups in total. The third-order valence-corrected chi connectivity index (χ3v) is 0. The van der Waals surface area contributed by atoms with Gasteiger partial charge in [-0.15, -0.1) is 0 Å². The van der Waals surface area contributed by atoms with Crippen LogP contribution in [0, 0.1) is 71.0 Å². The Balaban J connectivity index is -0.00000000321. The van der Waals surface area contributed by atoms with E-state index in [0.717, 1.165) is 0 Å². The molecule has 0 bridgehead atoms. The predicted molar refractivity (Wildman–Crippen MR) is 29.8 cm³/mol. The van der Waals surface area contributed by atoms with E-state index in [1.165, 1.54) is 0 Å². The van der Waals surface area contributed by atoms with Crippen molar-refractivity contribution >= 4 is 0 Å². The topological polar surface area (TPSA) is 143 Å². The second-order valence-electron chi connectivity index (χ2n) is 0. The molecule has 0 spiro atoms. The molecule has 0 aromatic heterocycles. The Bertz CT molecular complexity index is 103. The molecule has 6 nitrogen and oxygen atoms in total. The molecule has 0 radical (unpaired) electrons. The Morgan fingerprint density at radius 3 is 0.312 bits per heavy atom. The summed E-state index contributed by atoms with van der Waals surface area (Å²) in [5.74, 6) is 0. The Morgan fingerprint density at radius 1 is 0.312 bits per heavy atom. The second-order valence-corrected chi connectivity index (χ2v) is 0. The van der Waals surface area contributed by atoms with Crippen molar-refractivity contribution < 1.29 is 174 Å². The molecule has 66 valence electrons. The first-order valence-corrected chi connectivity index (χ1v) is 1.34. The maximum absolute atomic E-state index is 6.25. The SMILES string of the molecule is [C-]#N.[C-]#N.[C-]#N.[C-]#N.[C-]#N.[C-]#N.[Ir+3].[K+].[K+].[K+]. The van der Waals surface area contributed by atoms with E-state index in [9.17, 15) is 0 Å². The standard InChI is InChI=1S/6CN.Ir.3K/c6*1-2;;;;/q6*-1;+3;3*+1. The first-order chi connectivity index (χ1) is 6.00. The van der Waals surface area contributed by atoms with Crippen molar-refractivity contribution in [1.82, 2.24) is 0 Å². The van der Waals surface area contributed by atoms with Gasteiger partial charge in [-0.05, 0) is 0 Å². The van der Waals surface area contributed by atoms with Crippen LogP contribution in [-0.2, 0) is 20.1 Å². The Morgan fingerprint density at radius 2 is 0.312 bits per heavy atom. The van der Waals surface area contributed by atoms with E-state index in [2.05, 4.69) is 0 Å². The molecule has 0 saturated carbocycles. The van der Waals surface area contributed by atoms with E-state index in [1.54, 1.807) is 0 Å². The molecule has 0 aliphatic heterocycles. The van der Waals surface area contributed by atoms with Crippen molar-refractivity contribution in [3.8, 4) is 0 Å². The Kier molecular flexibility index (Phi) is 3740. The summed E-state index contributed by atoms with van der Waals surface area (Å²) in [6.07, 6.45) is 0. The Hall–Kier alpha value is 2.50. The third-order valence-electron chi connectivity index (χ3n) is 0. The van der Waals surface area contributed by atoms with Crippen molar-refractivity contribution in [3.05, 3.63) is 39.4 Å². The van der Waals surface area contributed by atoms with Crippen LogP contribution in [0.4, 0.5) is 0 Å². The summed E-state index contributed by atoms with van der Waals surface area (Å²) in [6.45, 7) is 28.5. The summed E-state index contributed by atoms with van der Waals surface area (Å²) >= 11 is 0. The number of rotatable bonds is 0. The zero-order valence-electron chi connectivity index (χ0n) is 9.02. The molecule has 16 heavy (non-hydrogen) atoms. The van der Waals surface area contributed by atoms with Gasteiger partial charge in [-0.3, -0.25) is 0 Å². The van der Waals surface area contributed by atoms with Gasteiger partial charge in [0.1, 0.15) is 0 Å². The van der Waals surface area contributed by atoms with E-state index in [-0.39, 0.29) is 174 Å². The van der Waals surface area contributed by atoms with Gasteiger partial charge in [0.25, 0.3) is 0 Å². The maximum Gasteiger partial charge on any atom is 3.00 e. The van der Waals surface area contributed by atoms with E-state index >= 15 is 0 Å². The molecule has 0 aliphatic carbocycles. The fraction of sp³-hybridized carbons (Fsp3) is 0. The van der Waals surface area contributed by atoms with Gasteiger partial charge in [0.2, 0.25) is 0 Å². The van der Waals surface area contributed by atoms with Crippen LogP contribution in [0.3, 0.4) is 0 Å². The van der Waals surface area contributed by atoms with Crippen LogP contribution in [0.25, 0.3) is 0 Å². The normalized spacial score (nSPS) is 0.750. The van der Waals surface area contributed by atoms with Crippen molar-refractivity contribution in [2.24, 2.45) is 0 Å².